The van der Waals surface area contributed by atoms with Gasteiger partial charge in [-0.05, 0) is 29.4 Å². The minimum absolute atomic E-state index is 0.0680. The molecule has 1 aromatic rings. The van der Waals surface area contributed by atoms with E-state index in [1.807, 2.05) is 13.8 Å². The van der Waals surface area contributed by atoms with Gasteiger partial charge in [-0.3, -0.25) is 10.1 Å². The van der Waals surface area contributed by atoms with Gasteiger partial charge < -0.3 is 0 Å². The van der Waals surface area contributed by atoms with Crippen molar-refractivity contribution in [3.63, 3.8) is 0 Å². The van der Waals surface area contributed by atoms with Crippen LogP contribution in [-0.4, -0.2) is 11.5 Å². The second-order valence-electron chi connectivity index (χ2n) is 4.37. The van der Waals surface area contributed by atoms with E-state index in [4.69, 9.17) is 5.53 Å². The van der Waals surface area contributed by atoms with E-state index in [0.717, 1.165) is 12.0 Å². The summed E-state index contributed by atoms with van der Waals surface area (Å²) in [7, 11) is 0. The number of nitro groups is 1. The smallest absolute Gasteiger partial charge is 0.258 e. The summed E-state index contributed by atoms with van der Waals surface area (Å²) in [6, 6.07) is 6.39. The van der Waals surface area contributed by atoms with Gasteiger partial charge in [0.15, 0.2) is 0 Å². The van der Waals surface area contributed by atoms with Crippen LogP contribution in [0.25, 0.3) is 10.4 Å². The lowest BCUT2D eigenvalue weighted by molar-refractivity contribution is -0.384. The molecule has 6 heteroatoms. The highest BCUT2D eigenvalue weighted by atomic mass is 16.6. The number of nitrogens with zero attached hydrogens (tertiary/aromatic N) is 4. The van der Waals surface area contributed by atoms with Crippen LogP contribution in [0.5, 0.6) is 0 Å². The van der Waals surface area contributed by atoms with E-state index < -0.39 is 4.92 Å². The first-order chi connectivity index (χ1) is 8.54. The van der Waals surface area contributed by atoms with Crippen molar-refractivity contribution in [2.45, 2.75) is 26.2 Å². The number of azide groups is 1. The Labute approximate surface area is 105 Å². The molecular weight excluding hydrogens is 232 g/mol. The van der Waals surface area contributed by atoms with Crippen molar-refractivity contribution in [3.05, 3.63) is 56.3 Å². The zero-order chi connectivity index (χ0) is 13.5. The van der Waals surface area contributed by atoms with Crippen LogP contribution >= 0.6 is 0 Å². The zero-order valence-corrected chi connectivity index (χ0v) is 10.4. The summed E-state index contributed by atoms with van der Waals surface area (Å²) in [6.45, 7) is 4.38. The summed E-state index contributed by atoms with van der Waals surface area (Å²) >= 11 is 0. The fourth-order valence-electron chi connectivity index (χ4n) is 1.78. The molecule has 18 heavy (non-hydrogen) atoms. The number of rotatable bonds is 6. The van der Waals surface area contributed by atoms with Crippen LogP contribution in [0.15, 0.2) is 29.4 Å². The highest BCUT2D eigenvalue weighted by Gasteiger charge is 2.14. The maximum atomic E-state index is 10.6. The molecule has 0 unspecified atom stereocenters. The van der Waals surface area contributed by atoms with Crippen LogP contribution in [0.2, 0.25) is 0 Å². The quantitative estimate of drug-likeness (QED) is 0.250. The molecule has 1 rings (SSSR count). The molecule has 0 heterocycles. The summed E-state index contributed by atoms with van der Waals surface area (Å²) in [5, 5.41) is 14.2. The van der Waals surface area contributed by atoms with E-state index in [9.17, 15) is 10.1 Å². The summed E-state index contributed by atoms with van der Waals surface area (Å²) in [6.07, 6.45) is 0.802. The van der Waals surface area contributed by atoms with E-state index in [-0.39, 0.29) is 11.6 Å². The first-order valence-electron chi connectivity index (χ1n) is 5.59. The van der Waals surface area contributed by atoms with Crippen molar-refractivity contribution in [3.8, 4) is 0 Å². The number of nitro benzene ring substituents is 1. The van der Waals surface area contributed by atoms with E-state index >= 15 is 0 Å². The van der Waals surface area contributed by atoms with Crippen molar-refractivity contribution >= 4 is 5.69 Å². The molecule has 0 spiro atoms. The molecule has 0 aliphatic rings. The van der Waals surface area contributed by atoms with E-state index in [0.29, 0.717) is 6.54 Å². The molecule has 1 atom stereocenters. The van der Waals surface area contributed by atoms with Crippen LogP contribution in [0, 0.1) is 16.0 Å². The lowest BCUT2D eigenvalue weighted by Crippen LogP contribution is -2.05. The van der Waals surface area contributed by atoms with Gasteiger partial charge in [-0.15, -0.1) is 0 Å². The highest BCUT2D eigenvalue weighted by Crippen LogP contribution is 2.26. The lowest BCUT2D eigenvalue weighted by atomic mass is 9.90. The summed E-state index contributed by atoms with van der Waals surface area (Å²) in [5.41, 5.74) is 9.40. The van der Waals surface area contributed by atoms with Gasteiger partial charge in [0.2, 0.25) is 0 Å². The molecule has 95 valence electrons. The molecule has 0 saturated heterocycles. The van der Waals surface area contributed by atoms with Gasteiger partial charge in [0.05, 0.1) is 4.92 Å². The van der Waals surface area contributed by atoms with Crippen molar-refractivity contribution in [2.75, 3.05) is 6.54 Å². The van der Waals surface area contributed by atoms with Crippen LogP contribution in [0.1, 0.15) is 31.7 Å². The second kappa shape index (κ2) is 6.61. The third-order valence-corrected chi connectivity index (χ3v) is 2.60. The summed E-state index contributed by atoms with van der Waals surface area (Å²) in [4.78, 5) is 12.9. The van der Waals surface area contributed by atoms with E-state index in [1.54, 1.807) is 12.1 Å². The SMILES string of the molecule is C[C](C)C[C@H](CN=[N+]=[N-])c1ccc([N+](=O)[O-])cc1. The molecule has 0 amide bonds. The Bertz CT molecular complexity index is 450. The van der Waals surface area contributed by atoms with Gasteiger partial charge in [0, 0.05) is 23.6 Å². The first-order valence-corrected chi connectivity index (χ1v) is 5.59. The van der Waals surface area contributed by atoms with Crippen molar-refractivity contribution in [2.24, 2.45) is 5.11 Å². The Morgan fingerprint density at radius 2 is 2.06 bits per heavy atom. The summed E-state index contributed by atoms with van der Waals surface area (Å²) < 4.78 is 0. The average Bonchev–Trinajstić information content (AvgIpc) is 2.34. The maximum Gasteiger partial charge on any atom is 0.269 e. The predicted molar refractivity (Wildman–Crippen MR) is 69.1 cm³/mol. The Hall–Kier alpha value is -2.07. The Morgan fingerprint density at radius 1 is 1.44 bits per heavy atom. The number of benzene rings is 1. The normalized spacial score (nSPS) is 11.9. The summed E-state index contributed by atoms with van der Waals surface area (Å²) in [5.74, 6) is 1.30. The third kappa shape index (κ3) is 4.07. The first kappa shape index (κ1) is 14.0. The molecular formula is C12H15N4O2. The fourth-order valence-corrected chi connectivity index (χ4v) is 1.78. The number of non-ortho nitro benzene ring substituents is 1. The van der Waals surface area contributed by atoms with Gasteiger partial charge in [-0.2, -0.15) is 0 Å². The minimum atomic E-state index is -0.427. The molecule has 1 aromatic carbocycles. The molecule has 1 radical (unpaired) electrons. The Kier molecular flexibility index (Phi) is 5.14. The van der Waals surface area contributed by atoms with Crippen LogP contribution < -0.4 is 0 Å². The highest BCUT2D eigenvalue weighted by molar-refractivity contribution is 5.34. The monoisotopic (exact) mass is 247 g/mol. The molecule has 0 N–H and O–H groups in total. The number of hydrogen-bond donors (Lipinski definition) is 0. The fraction of sp³-hybridized carbons (Fsp3) is 0.417. The topological polar surface area (TPSA) is 91.9 Å². The molecule has 6 nitrogen and oxygen atoms in total. The average molecular weight is 247 g/mol. The standard InChI is InChI=1S/C12H15N4O2/c1-9(2)7-11(8-14-15-13)10-3-5-12(6-4-10)16(17)18/h3-6,11H,7-8H2,1-2H3/t11-/m1/s1. The minimum Gasteiger partial charge on any atom is -0.258 e. The molecule has 0 aliphatic carbocycles. The number of hydrogen-bond acceptors (Lipinski definition) is 3. The predicted octanol–water partition coefficient (Wildman–Crippen LogP) is 3.99. The second-order valence-corrected chi connectivity index (χ2v) is 4.37. The van der Waals surface area contributed by atoms with Crippen LogP contribution in [0.4, 0.5) is 5.69 Å². The lowest BCUT2D eigenvalue weighted by Gasteiger charge is -2.16. The van der Waals surface area contributed by atoms with Gasteiger partial charge in [0.1, 0.15) is 0 Å². The molecule has 0 aromatic heterocycles. The maximum absolute atomic E-state index is 10.6. The molecule has 0 bridgehead atoms. The van der Waals surface area contributed by atoms with Crippen LogP contribution in [0.3, 0.4) is 0 Å². The van der Waals surface area contributed by atoms with Gasteiger partial charge in [0.25, 0.3) is 5.69 Å². The van der Waals surface area contributed by atoms with Crippen molar-refractivity contribution < 1.29 is 4.92 Å². The largest absolute Gasteiger partial charge is 0.269 e. The molecule has 0 saturated carbocycles. The zero-order valence-electron chi connectivity index (χ0n) is 10.4. The van der Waals surface area contributed by atoms with Gasteiger partial charge in [-0.25, -0.2) is 0 Å². The van der Waals surface area contributed by atoms with E-state index in [2.05, 4.69) is 10.0 Å². The Morgan fingerprint density at radius 3 is 2.50 bits per heavy atom. The Balaban J connectivity index is 2.90. The van der Waals surface area contributed by atoms with E-state index in [1.165, 1.54) is 18.1 Å². The third-order valence-electron chi connectivity index (χ3n) is 2.60. The van der Waals surface area contributed by atoms with Crippen molar-refractivity contribution in [1.29, 1.82) is 0 Å². The van der Waals surface area contributed by atoms with Gasteiger partial charge >= 0.3 is 0 Å². The molecule has 0 aliphatic heterocycles. The molecule has 0 fully saturated rings. The van der Waals surface area contributed by atoms with Crippen LogP contribution in [-0.2, 0) is 0 Å². The van der Waals surface area contributed by atoms with Gasteiger partial charge in [-0.1, -0.05) is 31.1 Å². The van der Waals surface area contributed by atoms with Crippen molar-refractivity contribution in [1.82, 2.24) is 0 Å².